The molecule has 0 amide bonds. The van der Waals surface area contributed by atoms with Crippen molar-refractivity contribution in [2.45, 2.75) is 11.1 Å². The molecule has 0 unspecified atom stereocenters. The number of aromatic amines is 1. The van der Waals surface area contributed by atoms with Gasteiger partial charge < -0.3 is 4.98 Å². The van der Waals surface area contributed by atoms with Gasteiger partial charge in [-0.15, -0.1) is 0 Å². The Morgan fingerprint density at radius 3 is 2.52 bits per heavy atom. The number of nitrogens with one attached hydrogen (secondary N) is 2. The van der Waals surface area contributed by atoms with Gasteiger partial charge in [-0.1, -0.05) is 0 Å². The number of nitrogens with zero attached hydrogens (tertiary/aromatic N) is 1. The molecule has 0 fully saturated rings. The number of aromatic nitrogens is 2. The third-order valence-corrected chi connectivity index (χ3v) is 4.72. The van der Waals surface area contributed by atoms with Crippen molar-refractivity contribution in [3.8, 4) is 0 Å². The molecule has 3 rings (SSSR count). The first-order valence-electron chi connectivity index (χ1n) is 6.84. The van der Waals surface area contributed by atoms with Crippen molar-refractivity contribution in [1.82, 2.24) is 9.97 Å². The monoisotopic (exact) mass is 369 g/mol. The van der Waals surface area contributed by atoms with E-state index in [-0.39, 0.29) is 16.1 Å². The maximum absolute atomic E-state index is 13.1. The summed E-state index contributed by atoms with van der Waals surface area (Å²) >= 11 is 0. The first kappa shape index (κ1) is 17.0. The highest BCUT2D eigenvalue weighted by Gasteiger charge is 2.33. The number of rotatable bonds is 3. The second-order valence-electron chi connectivity index (χ2n) is 5.10. The van der Waals surface area contributed by atoms with Crippen LogP contribution in [0.4, 0.5) is 18.9 Å². The minimum atomic E-state index is -4.80. The largest absolute Gasteiger partial charge is 0.417 e. The summed E-state index contributed by atoms with van der Waals surface area (Å²) in [5.41, 5.74) is -2.08. The number of H-pyrrole nitrogens is 1. The van der Waals surface area contributed by atoms with Crippen LogP contribution in [0.25, 0.3) is 10.9 Å². The van der Waals surface area contributed by atoms with Crippen molar-refractivity contribution in [2.24, 2.45) is 0 Å². The predicted octanol–water partition coefficient (Wildman–Crippen LogP) is 2.74. The molecule has 0 saturated heterocycles. The van der Waals surface area contributed by atoms with Gasteiger partial charge in [0.05, 0.1) is 22.3 Å². The van der Waals surface area contributed by atoms with E-state index in [1.165, 1.54) is 24.5 Å². The van der Waals surface area contributed by atoms with Crippen LogP contribution < -0.4 is 10.3 Å². The molecule has 0 aliphatic carbocycles. The Balaban J connectivity index is 2.15. The summed E-state index contributed by atoms with van der Waals surface area (Å²) < 4.78 is 66.4. The van der Waals surface area contributed by atoms with Crippen LogP contribution in [0, 0.1) is 0 Å². The fraction of sp³-hybridized carbons (Fsp3) is 0.0667. The van der Waals surface area contributed by atoms with Crippen LogP contribution in [0.2, 0.25) is 0 Å². The quantitative estimate of drug-likeness (QED) is 0.743. The summed E-state index contributed by atoms with van der Waals surface area (Å²) in [6.45, 7) is 0. The van der Waals surface area contributed by atoms with Gasteiger partial charge in [0.15, 0.2) is 0 Å². The summed E-state index contributed by atoms with van der Waals surface area (Å²) in [6.07, 6.45) is -2.09. The maximum Gasteiger partial charge on any atom is 0.417 e. The molecule has 1 aromatic carbocycles. The number of halogens is 3. The lowest BCUT2D eigenvalue weighted by Crippen LogP contribution is -2.16. The highest BCUT2D eigenvalue weighted by molar-refractivity contribution is 7.92. The molecule has 0 atom stereocenters. The Morgan fingerprint density at radius 2 is 1.88 bits per heavy atom. The van der Waals surface area contributed by atoms with Gasteiger partial charge in [0.25, 0.3) is 10.0 Å². The van der Waals surface area contributed by atoms with Crippen molar-refractivity contribution < 1.29 is 21.6 Å². The van der Waals surface area contributed by atoms with E-state index in [1.54, 1.807) is 0 Å². The van der Waals surface area contributed by atoms with Gasteiger partial charge >= 0.3 is 6.18 Å². The van der Waals surface area contributed by atoms with Gasteiger partial charge in [-0.05, 0) is 30.3 Å². The lowest BCUT2D eigenvalue weighted by atomic mass is 10.1. The van der Waals surface area contributed by atoms with Crippen molar-refractivity contribution >= 4 is 26.6 Å². The van der Waals surface area contributed by atoms with E-state index in [0.29, 0.717) is 6.07 Å². The fourth-order valence-electron chi connectivity index (χ4n) is 2.27. The molecule has 0 aliphatic heterocycles. The zero-order valence-corrected chi connectivity index (χ0v) is 13.1. The highest BCUT2D eigenvalue weighted by Crippen LogP contribution is 2.34. The molecule has 2 aromatic heterocycles. The minimum Gasteiger partial charge on any atom is -0.322 e. The lowest BCUT2D eigenvalue weighted by Gasteiger charge is -2.12. The van der Waals surface area contributed by atoms with Crippen molar-refractivity contribution in [2.75, 3.05) is 4.72 Å². The third-order valence-electron chi connectivity index (χ3n) is 3.34. The highest BCUT2D eigenvalue weighted by atomic mass is 32.2. The van der Waals surface area contributed by atoms with Crippen LogP contribution in [0.15, 0.2) is 58.5 Å². The molecular weight excluding hydrogens is 359 g/mol. The minimum absolute atomic E-state index is 0.111. The van der Waals surface area contributed by atoms with Gasteiger partial charge in [-0.3, -0.25) is 14.5 Å². The number of pyridine rings is 2. The van der Waals surface area contributed by atoms with E-state index in [2.05, 4.69) is 14.7 Å². The molecule has 0 bridgehead atoms. The number of anilines is 1. The summed E-state index contributed by atoms with van der Waals surface area (Å²) in [6, 6.07) is 6.44. The number of benzene rings is 1. The van der Waals surface area contributed by atoms with Gasteiger partial charge in [0, 0.05) is 23.2 Å². The molecule has 10 heteroatoms. The number of fused-ring (bicyclic) bond motifs is 1. The van der Waals surface area contributed by atoms with Crippen LogP contribution in [0.1, 0.15) is 5.56 Å². The second-order valence-corrected chi connectivity index (χ2v) is 6.78. The topological polar surface area (TPSA) is 91.9 Å². The summed E-state index contributed by atoms with van der Waals surface area (Å²) in [7, 11) is -4.13. The molecule has 2 heterocycles. The van der Waals surface area contributed by atoms with Gasteiger partial charge in [0.1, 0.15) is 0 Å². The SMILES string of the molecule is O=c1cc(C(F)(F)F)c2cc(S(=O)(=O)Nc3cccnc3)ccc2[nH]1. The molecule has 6 nitrogen and oxygen atoms in total. The van der Waals surface area contributed by atoms with E-state index in [0.717, 1.165) is 18.2 Å². The normalized spacial score (nSPS) is 12.3. The first-order chi connectivity index (χ1) is 11.7. The maximum atomic E-state index is 13.1. The summed E-state index contributed by atoms with van der Waals surface area (Å²) in [5.74, 6) is 0. The standard InChI is InChI=1S/C15H10F3N3O3S/c16-15(17,18)12-7-14(22)20-13-4-3-10(6-11(12)13)25(23,24)21-9-2-1-5-19-8-9/h1-8,21H,(H,20,22). The third kappa shape index (κ3) is 3.48. The van der Waals surface area contributed by atoms with Crippen LogP contribution >= 0.6 is 0 Å². The van der Waals surface area contributed by atoms with Gasteiger partial charge in [-0.2, -0.15) is 13.2 Å². The van der Waals surface area contributed by atoms with Crippen molar-refractivity contribution in [3.63, 3.8) is 0 Å². The van der Waals surface area contributed by atoms with Crippen LogP contribution in [0.3, 0.4) is 0 Å². The molecule has 0 saturated carbocycles. The van der Waals surface area contributed by atoms with Gasteiger partial charge in [-0.25, -0.2) is 8.42 Å². The van der Waals surface area contributed by atoms with Gasteiger partial charge in [0.2, 0.25) is 5.56 Å². The smallest absolute Gasteiger partial charge is 0.322 e. The van der Waals surface area contributed by atoms with Crippen LogP contribution in [-0.4, -0.2) is 18.4 Å². The Labute approximate surface area is 139 Å². The Bertz CT molecular complexity index is 1090. The molecule has 2 N–H and O–H groups in total. The number of alkyl halides is 3. The average molecular weight is 369 g/mol. The number of hydrogen-bond donors (Lipinski definition) is 2. The number of sulfonamides is 1. The predicted molar refractivity (Wildman–Crippen MR) is 84.6 cm³/mol. The first-order valence-corrected chi connectivity index (χ1v) is 8.32. The van der Waals surface area contributed by atoms with Crippen LogP contribution in [0.5, 0.6) is 0 Å². The van der Waals surface area contributed by atoms with E-state index >= 15 is 0 Å². The molecule has 25 heavy (non-hydrogen) atoms. The lowest BCUT2D eigenvalue weighted by molar-refractivity contribution is -0.136. The number of hydrogen-bond acceptors (Lipinski definition) is 4. The van der Waals surface area contributed by atoms with E-state index < -0.39 is 32.7 Å². The van der Waals surface area contributed by atoms with Crippen molar-refractivity contribution in [3.05, 3.63) is 64.7 Å². The average Bonchev–Trinajstić information content (AvgIpc) is 2.53. The Morgan fingerprint density at radius 1 is 1.12 bits per heavy atom. The molecule has 3 aromatic rings. The van der Waals surface area contributed by atoms with Crippen LogP contribution in [-0.2, 0) is 16.2 Å². The molecule has 0 spiro atoms. The second kappa shape index (κ2) is 5.88. The zero-order valence-electron chi connectivity index (χ0n) is 12.3. The summed E-state index contributed by atoms with van der Waals surface area (Å²) in [5, 5.41) is -0.416. The Kier molecular flexibility index (Phi) is 3.99. The molecule has 0 radical (unpaired) electrons. The van der Waals surface area contributed by atoms with E-state index in [1.807, 2.05) is 0 Å². The summed E-state index contributed by atoms with van der Waals surface area (Å²) in [4.78, 5) is 17.0. The zero-order chi connectivity index (χ0) is 18.2. The molecule has 0 aliphatic rings. The van der Waals surface area contributed by atoms with E-state index in [4.69, 9.17) is 0 Å². The Hall–Kier alpha value is -2.88. The fourth-order valence-corrected chi connectivity index (χ4v) is 3.34. The van der Waals surface area contributed by atoms with E-state index in [9.17, 15) is 26.4 Å². The van der Waals surface area contributed by atoms with Crippen molar-refractivity contribution in [1.29, 1.82) is 0 Å². The molecule has 130 valence electrons. The molecular formula is C15H10F3N3O3S.